The van der Waals surface area contributed by atoms with E-state index in [0.29, 0.717) is 12.5 Å². The molecular weight excluding hydrogens is 430 g/mol. The molecule has 1 saturated carbocycles. The van der Waals surface area contributed by atoms with Gasteiger partial charge in [-0.15, -0.1) is 0 Å². The van der Waals surface area contributed by atoms with Gasteiger partial charge in [-0.1, -0.05) is 56.0 Å². The Labute approximate surface area is 205 Å². The number of nitrogens with one attached hydrogen (secondary N) is 2. The molecule has 7 nitrogen and oxygen atoms in total. The summed E-state index contributed by atoms with van der Waals surface area (Å²) >= 11 is 0. The number of hydrogen-bond donors (Lipinski definition) is 2. The molecule has 0 radical (unpaired) electrons. The van der Waals surface area contributed by atoms with Crippen LogP contribution < -0.4 is 10.6 Å². The fraction of sp³-hybridized carbons (Fsp3) is 0.667. The Balaban J connectivity index is 2.36. The van der Waals surface area contributed by atoms with Gasteiger partial charge in [-0.3, -0.25) is 9.59 Å². The fourth-order valence-corrected chi connectivity index (χ4v) is 4.23. The van der Waals surface area contributed by atoms with E-state index >= 15 is 0 Å². The van der Waals surface area contributed by atoms with Crippen LogP contribution in [0.4, 0.5) is 4.79 Å². The van der Waals surface area contributed by atoms with Gasteiger partial charge in [0.05, 0.1) is 0 Å². The van der Waals surface area contributed by atoms with Crippen molar-refractivity contribution >= 4 is 17.9 Å². The maximum absolute atomic E-state index is 13.7. The van der Waals surface area contributed by atoms with Crippen LogP contribution in [0, 0.1) is 19.8 Å². The van der Waals surface area contributed by atoms with E-state index in [1.807, 2.05) is 26.0 Å². The van der Waals surface area contributed by atoms with Crippen molar-refractivity contribution in [2.75, 3.05) is 6.54 Å². The monoisotopic (exact) mass is 473 g/mol. The molecule has 1 aromatic carbocycles. The number of hydrogen-bond acceptors (Lipinski definition) is 4. The van der Waals surface area contributed by atoms with Crippen LogP contribution in [0.5, 0.6) is 0 Å². The van der Waals surface area contributed by atoms with E-state index in [1.165, 1.54) is 0 Å². The molecule has 1 aliphatic carbocycles. The molecule has 1 aromatic rings. The van der Waals surface area contributed by atoms with Crippen LogP contribution in [0.2, 0.25) is 0 Å². The molecule has 4 unspecified atom stereocenters. The fourth-order valence-electron chi connectivity index (χ4n) is 4.23. The average molecular weight is 474 g/mol. The number of carbonyl (C=O) groups is 3. The van der Waals surface area contributed by atoms with Gasteiger partial charge < -0.3 is 20.3 Å². The van der Waals surface area contributed by atoms with Crippen LogP contribution in [-0.2, 0) is 14.3 Å². The van der Waals surface area contributed by atoms with E-state index in [2.05, 4.69) is 30.5 Å². The zero-order valence-corrected chi connectivity index (χ0v) is 22.2. The summed E-state index contributed by atoms with van der Waals surface area (Å²) in [6, 6.07) is 4.36. The molecule has 0 heterocycles. The van der Waals surface area contributed by atoms with Crippen molar-refractivity contribution in [3.05, 3.63) is 34.9 Å². The van der Waals surface area contributed by atoms with Crippen LogP contribution in [0.15, 0.2) is 18.2 Å². The zero-order valence-electron chi connectivity index (χ0n) is 22.2. The highest BCUT2D eigenvalue weighted by atomic mass is 16.6. The van der Waals surface area contributed by atoms with E-state index < -0.39 is 23.8 Å². The van der Waals surface area contributed by atoms with Gasteiger partial charge in [0.1, 0.15) is 17.7 Å². The number of carbonyl (C=O) groups excluding carboxylic acids is 3. The van der Waals surface area contributed by atoms with Crippen molar-refractivity contribution in [3.8, 4) is 0 Å². The number of unbranched alkanes of at least 4 members (excludes halogenated alkanes) is 2. The standard InChI is InChI=1S/C27H43N3O4/c1-9-10-11-12-28-24(31)23(21-14-17(2)13-18(3)15-21)30(22-16-19(22)4)25(32)20(5)29-26(33)34-27(6,7)8/h13-15,19-20,22-23H,9-12,16H2,1-8H3,(H,28,31)(H,29,33). The number of rotatable bonds is 10. The van der Waals surface area contributed by atoms with Crippen LogP contribution in [0.3, 0.4) is 0 Å². The highest BCUT2D eigenvalue weighted by Gasteiger charge is 2.47. The molecule has 190 valence electrons. The second-order valence-corrected chi connectivity index (χ2v) is 10.7. The molecular formula is C27H43N3O4. The Morgan fingerprint density at radius 1 is 1.12 bits per heavy atom. The molecule has 0 aromatic heterocycles. The summed E-state index contributed by atoms with van der Waals surface area (Å²) in [6.07, 6.45) is 3.17. The molecule has 2 N–H and O–H groups in total. The predicted octanol–water partition coefficient (Wildman–Crippen LogP) is 4.80. The number of alkyl carbamates (subject to hydrolysis) is 1. The lowest BCUT2D eigenvalue weighted by Gasteiger charge is -2.34. The Kier molecular flexibility index (Phi) is 9.54. The minimum absolute atomic E-state index is 0.0532. The number of amides is 3. The van der Waals surface area contributed by atoms with Crippen LogP contribution >= 0.6 is 0 Å². The highest BCUT2D eigenvalue weighted by molar-refractivity contribution is 5.92. The molecule has 0 aliphatic heterocycles. The first-order valence-corrected chi connectivity index (χ1v) is 12.5. The van der Waals surface area contributed by atoms with E-state index in [0.717, 1.165) is 42.4 Å². The molecule has 0 spiro atoms. The van der Waals surface area contributed by atoms with Crippen molar-refractivity contribution in [1.29, 1.82) is 0 Å². The van der Waals surface area contributed by atoms with Gasteiger partial charge in [-0.25, -0.2) is 4.79 Å². The smallest absolute Gasteiger partial charge is 0.408 e. The first kappa shape index (κ1) is 27.7. The summed E-state index contributed by atoms with van der Waals surface area (Å²) in [5.41, 5.74) is 2.20. The number of nitrogens with zero attached hydrogens (tertiary/aromatic N) is 1. The van der Waals surface area contributed by atoms with Crippen LogP contribution in [0.1, 0.15) is 90.0 Å². The third-order valence-electron chi connectivity index (χ3n) is 5.95. The molecule has 1 fully saturated rings. The number of benzene rings is 1. The van der Waals surface area contributed by atoms with E-state index in [9.17, 15) is 14.4 Å². The number of ether oxygens (including phenoxy) is 1. The van der Waals surface area contributed by atoms with Gasteiger partial charge in [0.2, 0.25) is 11.8 Å². The predicted molar refractivity (Wildman–Crippen MR) is 134 cm³/mol. The Morgan fingerprint density at radius 2 is 1.71 bits per heavy atom. The van der Waals surface area contributed by atoms with Gasteiger partial charge in [0.25, 0.3) is 0 Å². The van der Waals surface area contributed by atoms with Crippen LogP contribution in [0.25, 0.3) is 0 Å². The second-order valence-electron chi connectivity index (χ2n) is 10.7. The quantitative estimate of drug-likeness (QED) is 0.478. The van der Waals surface area contributed by atoms with Gasteiger partial charge in [0.15, 0.2) is 0 Å². The third kappa shape index (κ3) is 8.03. The van der Waals surface area contributed by atoms with E-state index in [1.54, 1.807) is 32.6 Å². The molecule has 2 rings (SSSR count). The van der Waals surface area contributed by atoms with E-state index in [-0.39, 0.29) is 17.9 Å². The topological polar surface area (TPSA) is 87.7 Å². The minimum Gasteiger partial charge on any atom is -0.444 e. The van der Waals surface area contributed by atoms with Gasteiger partial charge in [-0.2, -0.15) is 0 Å². The lowest BCUT2D eigenvalue weighted by molar-refractivity contribution is -0.143. The Bertz CT molecular complexity index is 857. The molecule has 1 aliphatic rings. The van der Waals surface area contributed by atoms with Crippen molar-refractivity contribution in [2.24, 2.45) is 5.92 Å². The summed E-state index contributed by atoms with van der Waals surface area (Å²) in [6.45, 7) is 15.7. The molecule has 3 amide bonds. The van der Waals surface area contributed by atoms with Gasteiger partial charge in [-0.05, 0) is 65.9 Å². The SMILES string of the molecule is CCCCCNC(=O)C(c1cc(C)cc(C)c1)N(C(=O)C(C)NC(=O)OC(C)(C)C)C1CC1C. The summed E-state index contributed by atoms with van der Waals surface area (Å²) in [7, 11) is 0. The molecule has 4 atom stereocenters. The molecule has 7 heteroatoms. The van der Waals surface area contributed by atoms with Crippen molar-refractivity contribution in [2.45, 2.75) is 105 Å². The molecule has 0 bridgehead atoms. The number of aryl methyl sites for hydroxylation is 2. The van der Waals surface area contributed by atoms with Crippen molar-refractivity contribution in [1.82, 2.24) is 15.5 Å². The summed E-state index contributed by atoms with van der Waals surface area (Å²) in [5.74, 6) is -0.176. The highest BCUT2D eigenvalue weighted by Crippen LogP contribution is 2.41. The Hall–Kier alpha value is -2.57. The van der Waals surface area contributed by atoms with Crippen molar-refractivity contribution in [3.63, 3.8) is 0 Å². The zero-order chi connectivity index (χ0) is 25.6. The first-order valence-electron chi connectivity index (χ1n) is 12.5. The summed E-state index contributed by atoms with van der Waals surface area (Å²) in [5, 5.41) is 5.71. The van der Waals surface area contributed by atoms with Crippen molar-refractivity contribution < 1.29 is 19.1 Å². The summed E-state index contributed by atoms with van der Waals surface area (Å²) < 4.78 is 5.34. The van der Waals surface area contributed by atoms with Crippen LogP contribution in [-0.4, -0.2) is 47.0 Å². The molecule has 34 heavy (non-hydrogen) atoms. The van der Waals surface area contributed by atoms with Gasteiger partial charge in [0, 0.05) is 12.6 Å². The van der Waals surface area contributed by atoms with Gasteiger partial charge >= 0.3 is 6.09 Å². The molecule has 0 saturated heterocycles. The third-order valence-corrected chi connectivity index (χ3v) is 5.95. The minimum atomic E-state index is -0.830. The maximum atomic E-state index is 13.7. The maximum Gasteiger partial charge on any atom is 0.408 e. The first-order chi connectivity index (χ1) is 15.8. The largest absolute Gasteiger partial charge is 0.444 e. The van der Waals surface area contributed by atoms with E-state index in [4.69, 9.17) is 4.74 Å². The average Bonchev–Trinajstić information content (AvgIpc) is 3.42. The lowest BCUT2D eigenvalue weighted by atomic mass is 9.98. The normalized spacial score (nSPS) is 19.1. The summed E-state index contributed by atoms with van der Waals surface area (Å²) in [4.78, 5) is 41.3. The Morgan fingerprint density at radius 3 is 2.21 bits per heavy atom. The second kappa shape index (κ2) is 11.7. The lowest BCUT2D eigenvalue weighted by Crippen LogP contribution is -2.53.